The second kappa shape index (κ2) is 3.62. The number of hydrogen-bond acceptors (Lipinski definition) is 2. The molecule has 0 N–H and O–H groups in total. The Morgan fingerprint density at radius 3 is 2.94 bits per heavy atom. The van der Waals surface area contributed by atoms with Crippen LogP contribution in [-0.4, -0.2) is 18.4 Å². The van der Waals surface area contributed by atoms with Gasteiger partial charge in [0.05, 0.1) is 0 Å². The lowest BCUT2D eigenvalue weighted by molar-refractivity contribution is -0.124. The summed E-state index contributed by atoms with van der Waals surface area (Å²) in [7, 11) is 0. The highest BCUT2D eigenvalue weighted by molar-refractivity contribution is 5.84. The van der Waals surface area contributed by atoms with Crippen molar-refractivity contribution in [2.75, 3.05) is 11.4 Å². The van der Waals surface area contributed by atoms with Crippen molar-refractivity contribution in [3.8, 4) is 0 Å². The van der Waals surface area contributed by atoms with Crippen LogP contribution in [0.3, 0.4) is 0 Å². The van der Waals surface area contributed by atoms with Gasteiger partial charge in [0.25, 0.3) is 0 Å². The van der Waals surface area contributed by atoms with Gasteiger partial charge in [0, 0.05) is 30.6 Å². The molecule has 0 saturated carbocycles. The Labute approximate surface area is 96.3 Å². The predicted octanol–water partition coefficient (Wildman–Crippen LogP) is 2.42. The Morgan fingerprint density at radius 1 is 1.25 bits per heavy atom. The third kappa shape index (κ3) is 1.36. The number of benzene rings is 1. The second-order valence-corrected chi connectivity index (χ2v) is 4.93. The van der Waals surface area contributed by atoms with Crippen LogP contribution in [0.4, 0.5) is 5.69 Å². The van der Waals surface area contributed by atoms with Crippen molar-refractivity contribution in [3.63, 3.8) is 0 Å². The highest BCUT2D eigenvalue weighted by Gasteiger charge is 2.36. The highest BCUT2D eigenvalue weighted by Crippen LogP contribution is 2.36. The summed E-state index contributed by atoms with van der Waals surface area (Å²) in [4.78, 5) is 14.2. The Bertz CT molecular complexity index is 426. The van der Waals surface area contributed by atoms with E-state index in [4.69, 9.17) is 0 Å². The minimum Gasteiger partial charge on any atom is -0.367 e. The van der Waals surface area contributed by atoms with Gasteiger partial charge in [-0.3, -0.25) is 4.79 Å². The number of piperidine rings is 1. The number of nitrogens with zero attached hydrogens (tertiary/aromatic N) is 1. The maximum absolute atomic E-state index is 11.7. The fourth-order valence-electron chi connectivity index (χ4n) is 3.12. The molecule has 84 valence electrons. The molecule has 0 amide bonds. The van der Waals surface area contributed by atoms with E-state index in [9.17, 15) is 4.79 Å². The first kappa shape index (κ1) is 9.88. The first-order valence-electron chi connectivity index (χ1n) is 6.14. The number of aryl methyl sites for hydroxylation is 1. The number of para-hydroxylation sites is 1. The molecule has 2 aliphatic heterocycles. The SMILES string of the molecule is C[C@@H]1C(=O)CCN2c3ccccc3CC[C@@H]12. The van der Waals surface area contributed by atoms with Crippen LogP contribution in [0.5, 0.6) is 0 Å². The van der Waals surface area contributed by atoms with Crippen molar-refractivity contribution in [2.24, 2.45) is 5.92 Å². The lowest BCUT2D eigenvalue weighted by Crippen LogP contribution is -2.50. The van der Waals surface area contributed by atoms with Crippen molar-refractivity contribution in [1.82, 2.24) is 0 Å². The third-order valence-corrected chi connectivity index (χ3v) is 4.09. The van der Waals surface area contributed by atoms with Crippen LogP contribution in [0.15, 0.2) is 24.3 Å². The molecular weight excluding hydrogens is 198 g/mol. The molecule has 2 aliphatic rings. The molecule has 2 heterocycles. The zero-order valence-corrected chi connectivity index (χ0v) is 9.65. The van der Waals surface area contributed by atoms with Gasteiger partial charge in [-0.2, -0.15) is 0 Å². The minimum atomic E-state index is 0.210. The van der Waals surface area contributed by atoms with E-state index in [1.54, 1.807) is 0 Å². The maximum Gasteiger partial charge on any atom is 0.139 e. The van der Waals surface area contributed by atoms with Gasteiger partial charge in [-0.05, 0) is 24.5 Å². The van der Waals surface area contributed by atoms with Crippen LogP contribution in [0.2, 0.25) is 0 Å². The van der Waals surface area contributed by atoms with Crippen molar-refractivity contribution < 1.29 is 4.79 Å². The molecule has 16 heavy (non-hydrogen) atoms. The van der Waals surface area contributed by atoms with Gasteiger partial charge in [0.15, 0.2) is 0 Å². The van der Waals surface area contributed by atoms with Crippen LogP contribution >= 0.6 is 0 Å². The Hall–Kier alpha value is -1.31. The second-order valence-electron chi connectivity index (χ2n) is 4.93. The van der Waals surface area contributed by atoms with Gasteiger partial charge in [-0.25, -0.2) is 0 Å². The summed E-state index contributed by atoms with van der Waals surface area (Å²) in [5.74, 6) is 0.655. The van der Waals surface area contributed by atoms with E-state index in [1.807, 2.05) is 0 Å². The quantitative estimate of drug-likeness (QED) is 0.662. The smallest absolute Gasteiger partial charge is 0.139 e. The zero-order valence-electron chi connectivity index (χ0n) is 9.65. The van der Waals surface area contributed by atoms with Crippen LogP contribution in [0, 0.1) is 5.92 Å². The largest absolute Gasteiger partial charge is 0.367 e. The molecule has 0 aliphatic carbocycles. The minimum absolute atomic E-state index is 0.210. The molecule has 0 aromatic heterocycles. The summed E-state index contributed by atoms with van der Waals surface area (Å²) >= 11 is 0. The van der Waals surface area contributed by atoms with E-state index in [2.05, 4.69) is 36.1 Å². The monoisotopic (exact) mass is 215 g/mol. The van der Waals surface area contributed by atoms with Crippen LogP contribution < -0.4 is 4.90 Å². The first-order chi connectivity index (χ1) is 7.77. The van der Waals surface area contributed by atoms with E-state index in [1.165, 1.54) is 11.3 Å². The average Bonchev–Trinajstić information content (AvgIpc) is 2.33. The lowest BCUT2D eigenvalue weighted by Gasteiger charge is -2.44. The molecule has 0 radical (unpaired) electrons. The maximum atomic E-state index is 11.7. The number of ketones is 1. The van der Waals surface area contributed by atoms with E-state index in [-0.39, 0.29) is 5.92 Å². The van der Waals surface area contributed by atoms with Gasteiger partial charge < -0.3 is 4.90 Å². The normalized spacial score (nSPS) is 28.6. The van der Waals surface area contributed by atoms with Gasteiger partial charge in [-0.1, -0.05) is 25.1 Å². The van der Waals surface area contributed by atoms with E-state index in [0.717, 1.165) is 19.4 Å². The summed E-state index contributed by atoms with van der Waals surface area (Å²) in [6.07, 6.45) is 2.96. The summed E-state index contributed by atoms with van der Waals surface area (Å²) < 4.78 is 0. The zero-order chi connectivity index (χ0) is 11.1. The molecule has 0 spiro atoms. The molecule has 2 nitrogen and oxygen atoms in total. The van der Waals surface area contributed by atoms with E-state index in [0.29, 0.717) is 18.2 Å². The Kier molecular flexibility index (Phi) is 2.23. The number of hydrogen-bond donors (Lipinski definition) is 0. The number of carbonyl (C=O) groups excluding carboxylic acids is 1. The average molecular weight is 215 g/mol. The molecule has 2 heteroatoms. The Balaban J connectivity index is 1.99. The van der Waals surface area contributed by atoms with Crippen LogP contribution in [0.25, 0.3) is 0 Å². The summed E-state index contributed by atoms with van der Waals surface area (Å²) in [6, 6.07) is 9.06. The molecule has 2 atom stereocenters. The fraction of sp³-hybridized carbons (Fsp3) is 0.500. The van der Waals surface area contributed by atoms with Crippen LogP contribution in [0.1, 0.15) is 25.3 Å². The van der Waals surface area contributed by atoms with Crippen molar-refractivity contribution in [3.05, 3.63) is 29.8 Å². The molecule has 0 unspecified atom stereocenters. The molecule has 3 rings (SSSR count). The molecule has 1 aromatic carbocycles. The highest BCUT2D eigenvalue weighted by atomic mass is 16.1. The van der Waals surface area contributed by atoms with Gasteiger partial charge in [0.2, 0.25) is 0 Å². The molecular formula is C14H17NO. The van der Waals surface area contributed by atoms with Gasteiger partial charge >= 0.3 is 0 Å². The summed E-state index contributed by atoms with van der Waals surface area (Å²) in [5, 5.41) is 0. The molecule has 1 fully saturated rings. The van der Waals surface area contributed by atoms with Crippen LogP contribution in [-0.2, 0) is 11.2 Å². The Morgan fingerprint density at radius 2 is 2.06 bits per heavy atom. The van der Waals surface area contributed by atoms with Crippen molar-refractivity contribution in [2.45, 2.75) is 32.2 Å². The number of carbonyl (C=O) groups is 1. The number of rotatable bonds is 0. The molecule has 1 saturated heterocycles. The topological polar surface area (TPSA) is 20.3 Å². The van der Waals surface area contributed by atoms with E-state index < -0.39 is 0 Å². The van der Waals surface area contributed by atoms with E-state index >= 15 is 0 Å². The lowest BCUT2D eigenvalue weighted by atomic mass is 9.82. The molecule has 0 bridgehead atoms. The number of Topliss-reactive ketones (excluding diaryl/α,β-unsaturated/α-hetero) is 1. The summed E-state index contributed by atoms with van der Waals surface area (Å²) in [6.45, 7) is 3.00. The number of fused-ring (bicyclic) bond motifs is 3. The predicted molar refractivity (Wildman–Crippen MR) is 64.7 cm³/mol. The third-order valence-electron chi connectivity index (χ3n) is 4.09. The summed E-state index contributed by atoms with van der Waals surface area (Å²) in [5.41, 5.74) is 2.80. The standard InChI is InChI=1S/C14H17NO/c1-10-12-7-6-11-4-2-3-5-13(11)15(12)9-8-14(10)16/h2-5,10,12H,6-9H2,1H3/t10-,12-/m0/s1. The van der Waals surface area contributed by atoms with Gasteiger partial charge in [0.1, 0.15) is 5.78 Å². The first-order valence-corrected chi connectivity index (χ1v) is 6.14. The van der Waals surface area contributed by atoms with Crippen molar-refractivity contribution in [1.29, 1.82) is 0 Å². The van der Waals surface area contributed by atoms with Crippen molar-refractivity contribution >= 4 is 11.5 Å². The van der Waals surface area contributed by atoms with Gasteiger partial charge in [-0.15, -0.1) is 0 Å². The molecule has 1 aromatic rings. The fourth-order valence-corrected chi connectivity index (χ4v) is 3.12. The number of anilines is 1.